The number of nitrogens with one attached hydrogen (secondary N) is 3. The van der Waals surface area contributed by atoms with Crippen LogP contribution in [0.25, 0.3) is 20.4 Å². The van der Waals surface area contributed by atoms with Crippen LogP contribution in [-0.2, 0) is 47.8 Å². The molecule has 3 N–H and O–H groups in total. The maximum atomic E-state index is 9.96. The zero-order chi connectivity index (χ0) is 45.1. The van der Waals surface area contributed by atoms with Crippen LogP contribution in [0.5, 0.6) is 0 Å². The molecule has 66 heavy (non-hydrogen) atoms. The Labute approximate surface area is 495 Å². The molecule has 4 aliphatic rings. The number of carbonyl (C=O) groups is 1. The van der Waals surface area contributed by atoms with Crippen molar-refractivity contribution in [3.05, 3.63) is 93.7 Å². The van der Waals surface area contributed by atoms with Crippen molar-refractivity contribution in [1.29, 1.82) is 0 Å². The fourth-order valence-corrected chi connectivity index (χ4v) is 11.7. The first-order valence-electron chi connectivity index (χ1n) is 22.4. The predicted octanol–water partition coefficient (Wildman–Crippen LogP) is 2.94. The number of pyridine rings is 2. The number of fused-ring (bicyclic) bond motifs is 6. The van der Waals surface area contributed by atoms with Gasteiger partial charge in [-0.2, -0.15) is 0 Å². The van der Waals surface area contributed by atoms with E-state index < -0.39 is 7.15 Å². The molecule has 6 aromatic heterocycles. The second-order valence-electron chi connectivity index (χ2n) is 16.1. The van der Waals surface area contributed by atoms with E-state index in [2.05, 4.69) is 81.9 Å². The van der Waals surface area contributed by atoms with Gasteiger partial charge in [-0.25, -0.2) is 19.9 Å². The molecule has 6 heterocycles. The fourth-order valence-electron chi connectivity index (χ4n) is 9.03. The van der Waals surface area contributed by atoms with Crippen molar-refractivity contribution >= 4 is 85.2 Å². The largest absolute Gasteiger partial charge is 1.00 e. The number of nitrogens with zero attached hydrogens (tertiary/aromatic N) is 7. The summed E-state index contributed by atoms with van der Waals surface area (Å²) in [5.41, 5.74) is 5.48. The molecule has 0 spiro atoms. The molecule has 0 radical (unpaired) electrons. The molecule has 0 saturated heterocycles. The summed E-state index contributed by atoms with van der Waals surface area (Å²) >= 11 is 9.23. The second-order valence-corrected chi connectivity index (χ2v) is 18.5. The molecule has 0 unspecified atom stereocenters. The van der Waals surface area contributed by atoms with Crippen molar-refractivity contribution < 1.29 is 125 Å². The van der Waals surface area contributed by atoms with E-state index in [0.717, 1.165) is 28.6 Å². The molecule has 0 amide bonds. The van der Waals surface area contributed by atoms with Crippen LogP contribution in [0.1, 0.15) is 99.0 Å². The Morgan fingerprint density at radius 2 is 1.21 bits per heavy atom. The number of aromatic nitrogens is 6. The van der Waals surface area contributed by atoms with Gasteiger partial charge in [0.25, 0.3) is 6.47 Å². The molecule has 4 aliphatic carbocycles. The van der Waals surface area contributed by atoms with Crippen molar-refractivity contribution in [2.24, 2.45) is 0 Å². The van der Waals surface area contributed by atoms with Gasteiger partial charge in [0, 0.05) is 71.1 Å². The van der Waals surface area contributed by atoms with Crippen molar-refractivity contribution in [2.75, 3.05) is 31.9 Å². The van der Waals surface area contributed by atoms with Gasteiger partial charge in [0.1, 0.15) is 34.0 Å². The minimum atomic E-state index is -1.00. The Hall–Kier alpha value is -0.887. The fraction of sp³-hybridized carbons (Fsp3) is 0.500. The molecular formula is C46H61Cl2FK2N10O3S2. The Morgan fingerprint density at radius 1 is 0.788 bits per heavy atom. The second kappa shape index (κ2) is 32.2. The van der Waals surface area contributed by atoms with Gasteiger partial charge in [0.05, 0.1) is 19.3 Å². The third-order valence-electron chi connectivity index (χ3n) is 12.3. The molecule has 10 rings (SSSR count). The number of rotatable bonds is 10. The van der Waals surface area contributed by atoms with E-state index in [4.69, 9.17) is 23.0 Å². The molecule has 348 valence electrons. The Bertz CT molecular complexity index is 2320. The molecule has 6 aromatic rings. The Balaban J connectivity index is 0.000000350. The van der Waals surface area contributed by atoms with Crippen LogP contribution in [0, 0.1) is 0 Å². The molecule has 2 saturated carbocycles. The van der Waals surface area contributed by atoms with Gasteiger partial charge in [0.15, 0.2) is 0 Å². The molecule has 0 aromatic carbocycles. The maximum absolute atomic E-state index is 9.96. The normalized spacial score (nSPS) is 19.0. The van der Waals surface area contributed by atoms with Crippen LogP contribution in [-0.4, -0.2) is 86.7 Å². The molecule has 0 atom stereocenters. The maximum Gasteiger partial charge on any atom is 1.00 e. The zero-order valence-electron chi connectivity index (χ0n) is 40.5. The summed E-state index contributed by atoms with van der Waals surface area (Å²) in [6, 6.07) is 10.4. The molecule has 13 nitrogen and oxygen atoms in total. The summed E-state index contributed by atoms with van der Waals surface area (Å²) in [6.45, 7) is 0.818. The van der Waals surface area contributed by atoms with Crippen molar-refractivity contribution in [2.45, 2.75) is 126 Å². The van der Waals surface area contributed by atoms with E-state index >= 15 is 0 Å². The van der Waals surface area contributed by atoms with Crippen LogP contribution >= 0.6 is 46.7 Å². The number of hydrogen-bond donors (Lipinski definition) is 3. The van der Waals surface area contributed by atoms with Crippen LogP contribution in [0.4, 0.5) is 16.0 Å². The summed E-state index contributed by atoms with van der Waals surface area (Å²) in [7, 11) is 3.32. The first kappa shape index (κ1) is 57.7. The van der Waals surface area contributed by atoms with Gasteiger partial charge in [-0.1, -0.05) is 0 Å². The van der Waals surface area contributed by atoms with E-state index in [-0.39, 0.29) is 123 Å². The average molecular weight is 1040 g/mol. The predicted molar refractivity (Wildman–Crippen MR) is 259 cm³/mol. The van der Waals surface area contributed by atoms with Crippen LogP contribution < -0.4 is 124 Å². The minimum absolute atomic E-state index is 0. The molecule has 0 bridgehead atoms. The Kier molecular flexibility index (Phi) is 28.1. The zero-order valence-corrected chi connectivity index (χ0v) is 48.0. The van der Waals surface area contributed by atoms with Crippen molar-refractivity contribution in [3.63, 3.8) is 0 Å². The topological polar surface area (TPSA) is 166 Å². The molecular weight excluding hydrogens is 973 g/mol. The third kappa shape index (κ3) is 16.9. The van der Waals surface area contributed by atoms with Crippen LogP contribution in [0.2, 0.25) is 0 Å². The van der Waals surface area contributed by atoms with Gasteiger partial charge < -0.3 is 27.5 Å². The number of anilines is 2. The standard InChI is InChI=1S/C22H27N5S.C16H22N4S.C6H6ClN.CH3F.CH2O3.ClH.2K.H/c1-27(13-15-9-11-23-12-10-15)17-7-5-16(6-8-17)26-21-20-18-3-2-4-19(18)28-22(20)25-14-24-21;1-17-10-5-7-11(8-6-10)20-15-14-12-3-2-4-13(12)21-16(14)19-9-18-15;7-5-6-1-3-8-4-2-6;1-2;2-1-4-3;;;;/h9-12,14,16-17H,2-8,13H2,1H3,(H,24,25,26);9-11,17H,2-8H2,1H3,(H,18,19,20);1-4H,5H2;1H3;1,3H;1H;;;/q;;;;;;2*+1;-1/p-1/i;;;1D;;;;;. The number of alkyl halides is 2. The number of aryl methyl sites for hydroxylation is 4. The number of hydrogen-bond acceptors (Lipinski definition) is 15. The average Bonchev–Trinajstić information content (AvgIpc) is 4.14. The molecule has 20 heteroatoms. The minimum Gasteiger partial charge on any atom is -1.00 e. The van der Waals surface area contributed by atoms with Crippen molar-refractivity contribution in [1.82, 2.24) is 40.1 Å². The molecule has 0 aliphatic heterocycles. The van der Waals surface area contributed by atoms with Gasteiger partial charge in [-0.15, -0.1) is 46.7 Å². The van der Waals surface area contributed by atoms with E-state index in [1.807, 2.05) is 47.2 Å². The summed E-state index contributed by atoms with van der Waals surface area (Å²) in [5, 5.41) is 21.9. The van der Waals surface area contributed by atoms with E-state index in [0.29, 0.717) is 30.0 Å². The SMILES string of the molecule is CN(Cc1ccncc1)C1CCC(Nc2ncnc3sc4c(c23)CCC4)CC1.CNC1CCC(Nc2ncnc3sc4c(c23)CCC4)CC1.Cl.ClCc1ccncc1.O=CO[O-].[2H]CF.[H-].[K+].[K+]. The smallest absolute Gasteiger partial charge is 1.00 e. The van der Waals surface area contributed by atoms with Crippen molar-refractivity contribution in [3.8, 4) is 0 Å². The van der Waals surface area contributed by atoms with Gasteiger partial charge in [-0.05, 0) is 151 Å². The quantitative estimate of drug-likeness (QED) is 0.0604. The summed E-state index contributed by atoms with van der Waals surface area (Å²) in [6.07, 6.45) is 27.9. The van der Waals surface area contributed by atoms with Gasteiger partial charge in [-0.3, -0.25) is 24.1 Å². The van der Waals surface area contributed by atoms with E-state index in [1.54, 1.807) is 25.0 Å². The first-order chi connectivity index (χ1) is 31.4. The number of halogens is 3. The monoisotopic (exact) mass is 1030 g/mol. The van der Waals surface area contributed by atoms with E-state index in [1.165, 1.54) is 132 Å². The van der Waals surface area contributed by atoms with Gasteiger partial charge >= 0.3 is 103 Å². The summed E-state index contributed by atoms with van der Waals surface area (Å²) < 4.78 is 15.5. The van der Waals surface area contributed by atoms with E-state index in [9.17, 15) is 4.39 Å². The van der Waals surface area contributed by atoms with Crippen LogP contribution in [0.3, 0.4) is 0 Å². The number of thiophene rings is 2. The van der Waals surface area contributed by atoms with Crippen LogP contribution in [0.15, 0.2) is 61.7 Å². The number of carbonyl (C=O) groups excluding carboxylic acids is 1. The summed E-state index contributed by atoms with van der Waals surface area (Å²) in [4.78, 5) is 45.3. The first-order valence-corrected chi connectivity index (χ1v) is 23.9. The van der Waals surface area contributed by atoms with Gasteiger partial charge in [0.2, 0.25) is 0 Å². The summed E-state index contributed by atoms with van der Waals surface area (Å²) in [5.74, 6) is 2.72. The Morgan fingerprint density at radius 3 is 1.62 bits per heavy atom. The third-order valence-corrected chi connectivity index (χ3v) is 15.0. The molecule has 2 fully saturated rings.